The van der Waals surface area contributed by atoms with Crippen molar-refractivity contribution in [3.8, 4) is 0 Å². The lowest BCUT2D eigenvalue weighted by atomic mass is 9.95. The second-order valence-electron chi connectivity index (χ2n) is 9.53. The molecule has 2 heterocycles. The molecule has 1 amide bonds. The summed E-state index contributed by atoms with van der Waals surface area (Å²) in [7, 11) is 0. The third-order valence-electron chi connectivity index (χ3n) is 7.03. The van der Waals surface area contributed by atoms with Crippen LogP contribution in [0, 0.1) is 19.7 Å². The number of rotatable bonds is 6. The zero-order valence-corrected chi connectivity index (χ0v) is 20.8. The van der Waals surface area contributed by atoms with Crippen LogP contribution in [0.4, 0.5) is 4.39 Å². The zero-order chi connectivity index (χ0) is 24.4. The molecular formula is C27H32ClFN2O3. The Morgan fingerprint density at radius 1 is 1.15 bits per heavy atom. The van der Waals surface area contributed by atoms with E-state index in [0.717, 1.165) is 42.6 Å². The Labute approximate surface area is 205 Å². The van der Waals surface area contributed by atoms with Gasteiger partial charge in [0.2, 0.25) is 0 Å². The van der Waals surface area contributed by atoms with Crippen molar-refractivity contribution in [1.82, 2.24) is 9.80 Å². The molecule has 0 aromatic heterocycles. The van der Waals surface area contributed by atoms with Crippen LogP contribution >= 0.6 is 11.6 Å². The first-order valence-corrected chi connectivity index (χ1v) is 12.3. The molecule has 4 rings (SSSR count). The van der Waals surface area contributed by atoms with Gasteiger partial charge in [0.1, 0.15) is 11.9 Å². The van der Waals surface area contributed by atoms with E-state index in [2.05, 4.69) is 11.8 Å². The molecule has 0 bridgehead atoms. The van der Waals surface area contributed by atoms with Crippen molar-refractivity contribution in [3.05, 3.63) is 69.0 Å². The van der Waals surface area contributed by atoms with E-state index in [0.29, 0.717) is 35.8 Å². The van der Waals surface area contributed by atoms with Crippen molar-refractivity contribution in [2.75, 3.05) is 26.2 Å². The third kappa shape index (κ3) is 5.51. The normalized spacial score (nSPS) is 21.1. The minimum atomic E-state index is -0.374. The standard InChI is InChI=1S/C27H32ClFN2O3/c1-17-6-7-20(13-24(17)29)25(32)14-21-11-23(28)12-22(19(21)3)16-30-8-9-31(18(2)15-30)27(33)26-5-4-10-34-26/h6-7,11-13,18,26H,4-5,8-10,14-16H2,1-3H3/t18-,26-/m0/s1. The number of carbonyl (C=O) groups excluding carboxylic acids is 2. The molecule has 0 unspecified atom stereocenters. The number of piperazine rings is 1. The lowest BCUT2D eigenvalue weighted by Crippen LogP contribution is -2.55. The van der Waals surface area contributed by atoms with E-state index < -0.39 is 0 Å². The van der Waals surface area contributed by atoms with Gasteiger partial charge < -0.3 is 9.64 Å². The molecule has 2 aromatic rings. The molecule has 5 nitrogen and oxygen atoms in total. The molecule has 0 spiro atoms. The second kappa shape index (κ2) is 10.5. The molecule has 0 saturated carbocycles. The van der Waals surface area contributed by atoms with Gasteiger partial charge in [-0.2, -0.15) is 0 Å². The number of ketones is 1. The van der Waals surface area contributed by atoms with Crippen LogP contribution < -0.4 is 0 Å². The van der Waals surface area contributed by atoms with Gasteiger partial charge in [-0.05, 0) is 74.1 Å². The van der Waals surface area contributed by atoms with Gasteiger partial charge in [0.15, 0.2) is 5.78 Å². The van der Waals surface area contributed by atoms with Crippen molar-refractivity contribution in [1.29, 1.82) is 0 Å². The maximum atomic E-state index is 13.9. The summed E-state index contributed by atoms with van der Waals surface area (Å²) in [5.74, 6) is -0.400. The molecule has 0 N–H and O–H groups in total. The Balaban J connectivity index is 1.43. The fourth-order valence-electron chi connectivity index (χ4n) is 4.89. The summed E-state index contributed by atoms with van der Waals surface area (Å²) < 4.78 is 19.5. The molecule has 0 radical (unpaired) electrons. The number of ether oxygens (including phenoxy) is 1. The quantitative estimate of drug-likeness (QED) is 0.554. The van der Waals surface area contributed by atoms with Gasteiger partial charge >= 0.3 is 0 Å². The number of carbonyl (C=O) groups is 2. The highest BCUT2D eigenvalue weighted by molar-refractivity contribution is 6.30. The molecular weight excluding hydrogens is 455 g/mol. The Morgan fingerprint density at radius 2 is 1.91 bits per heavy atom. The van der Waals surface area contributed by atoms with E-state index in [1.54, 1.807) is 19.1 Å². The van der Waals surface area contributed by atoms with Crippen LogP contribution in [0.5, 0.6) is 0 Å². The summed E-state index contributed by atoms with van der Waals surface area (Å²) in [6, 6.07) is 8.47. The highest BCUT2D eigenvalue weighted by Gasteiger charge is 2.34. The lowest BCUT2D eigenvalue weighted by molar-refractivity contribution is -0.145. The molecule has 182 valence electrons. The Hall–Kier alpha value is -2.28. The van der Waals surface area contributed by atoms with Gasteiger partial charge in [-0.3, -0.25) is 14.5 Å². The van der Waals surface area contributed by atoms with Crippen LogP contribution in [0.1, 0.15) is 52.4 Å². The average Bonchev–Trinajstić information content (AvgIpc) is 3.33. The number of aryl methyl sites for hydroxylation is 1. The van der Waals surface area contributed by atoms with Gasteiger partial charge in [-0.1, -0.05) is 23.7 Å². The topological polar surface area (TPSA) is 49.9 Å². The number of hydrogen-bond acceptors (Lipinski definition) is 4. The SMILES string of the molecule is Cc1ccc(C(=O)Cc2cc(Cl)cc(CN3CCN(C(=O)[C@@H]4CCCO4)[C@@H](C)C3)c2C)cc1F. The monoisotopic (exact) mass is 486 g/mol. The fraction of sp³-hybridized carbons (Fsp3) is 0.481. The van der Waals surface area contributed by atoms with Gasteiger partial charge in [0.25, 0.3) is 5.91 Å². The summed E-state index contributed by atoms with van der Waals surface area (Å²) in [4.78, 5) is 29.9. The van der Waals surface area contributed by atoms with E-state index in [9.17, 15) is 14.0 Å². The predicted molar refractivity (Wildman–Crippen MR) is 131 cm³/mol. The molecule has 2 aliphatic heterocycles. The van der Waals surface area contributed by atoms with Gasteiger partial charge in [-0.25, -0.2) is 4.39 Å². The van der Waals surface area contributed by atoms with Crippen molar-refractivity contribution < 1.29 is 18.7 Å². The number of nitrogens with zero attached hydrogens (tertiary/aromatic N) is 2. The minimum Gasteiger partial charge on any atom is -0.368 e. The molecule has 2 saturated heterocycles. The van der Waals surface area contributed by atoms with E-state index in [-0.39, 0.29) is 36.1 Å². The summed E-state index contributed by atoms with van der Waals surface area (Å²) in [6.45, 7) is 9.33. The predicted octanol–water partition coefficient (Wildman–Crippen LogP) is 4.73. The largest absolute Gasteiger partial charge is 0.368 e. The first kappa shape index (κ1) is 24.8. The van der Waals surface area contributed by atoms with E-state index >= 15 is 0 Å². The van der Waals surface area contributed by atoms with Gasteiger partial charge in [0.05, 0.1) is 0 Å². The first-order valence-electron chi connectivity index (χ1n) is 11.9. The molecule has 2 aliphatic rings. The highest BCUT2D eigenvalue weighted by Crippen LogP contribution is 2.25. The molecule has 34 heavy (non-hydrogen) atoms. The van der Waals surface area contributed by atoms with Crippen LogP contribution in [-0.4, -0.2) is 59.9 Å². The van der Waals surface area contributed by atoms with Crippen molar-refractivity contribution in [2.24, 2.45) is 0 Å². The maximum Gasteiger partial charge on any atom is 0.252 e. The number of Topliss-reactive ketones (excluding diaryl/α,β-unsaturated/α-hetero) is 1. The van der Waals surface area contributed by atoms with Crippen LogP contribution in [0.15, 0.2) is 30.3 Å². The number of benzene rings is 2. The number of amides is 1. The molecule has 2 fully saturated rings. The first-order chi connectivity index (χ1) is 16.2. The summed E-state index contributed by atoms with van der Waals surface area (Å²) in [6.07, 6.45) is 1.64. The van der Waals surface area contributed by atoms with Crippen molar-refractivity contribution in [2.45, 2.75) is 58.7 Å². The summed E-state index contributed by atoms with van der Waals surface area (Å²) in [5, 5.41) is 0.582. The van der Waals surface area contributed by atoms with E-state index in [1.165, 1.54) is 6.07 Å². The average molecular weight is 487 g/mol. The lowest BCUT2D eigenvalue weighted by Gasteiger charge is -2.41. The smallest absolute Gasteiger partial charge is 0.252 e. The van der Waals surface area contributed by atoms with Crippen LogP contribution in [-0.2, 0) is 22.5 Å². The maximum absolute atomic E-state index is 13.9. The van der Waals surface area contributed by atoms with Crippen LogP contribution in [0.2, 0.25) is 5.02 Å². The second-order valence-corrected chi connectivity index (χ2v) is 9.97. The zero-order valence-electron chi connectivity index (χ0n) is 20.1. The Kier molecular flexibility index (Phi) is 7.70. The van der Waals surface area contributed by atoms with Crippen molar-refractivity contribution >= 4 is 23.3 Å². The Bertz CT molecular complexity index is 1080. The van der Waals surface area contributed by atoms with Crippen molar-refractivity contribution in [3.63, 3.8) is 0 Å². The number of halogens is 2. The molecule has 0 aliphatic carbocycles. The van der Waals surface area contributed by atoms with E-state index in [1.807, 2.05) is 24.0 Å². The summed E-state index contributed by atoms with van der Waals surface area (Å²) in [5.41, 5.74) is 3.83. The van der Waals surface area contributed by atoms with Crippen LogP contribution in [0.3, 0.4) is 0 Å². The molecule has 2 atom stereocenters. The number of hydrogen-bond donors (Lipinski definition) is 0. The molecule has 2 aromatic carbocycles. The van der Waals surface area contributed by atoms with E-state index in [4.69, 9.17) is 16.3 Å². The van der Waals surface area contributed by atoms with Crippen LogP contribution in [0.25, 0.3) is 0 Å². The molecule has 7 heteroatoms. The highest BCUT2D eigenvalue weighted by atomic mass is 35.5. The van der Waals surface area contributed by atoms with Gasteiger partial charge in [0, 0.05) is 55.8 Å². The van der Waals surface area contributed by atoms with Gasteiger partial charge in [-0.15, -0.1) is 0 Å². The fourth-order valence-corrected chi connectivity index (χ4v) is 5.15. The third-order valence-corrected chi connectivity index (χ3v) is 7.24. The minimum absolute atomic E-state index is 0.0995. The Morgan fingerprint density at radius 3 is 2.59 bits per heavy atom. The summed E-state index contributed by atoms with van der Waals surface area (Å²) >= 11 is 6.42.